The standard InChI is InChI=1S/C7H11NO2/c9-6-7(10-8-6)4-2-1-3-5-7/h1-5H2,(H,8,9). The monoisotopic (exact) mass is 141 g/mol. The molecule has 1 amide bonds. The fraction of sp³-hybridized carbons (Fsp3) is 0.857. The summed E-state index contributed by atoms with van der Waals surface area (Å²) in [6, 6.07) is 0. The lowest BCUT2D eigenvalue weighted by Gasteiger charge is -2.41. The molecule has 1 spiro atoms. The molecule has 1 saturated carbocycles. The van der Waals surface area contributed by atoms with Crippen molar-refractivity contribution in [2.45, 2.75) is 37.7 Å². The number of rotatable bonds is 0. The highest BCUT2D eigenvalue weighted by Gasteiger charge is 2.48. The largest absolute Gasteiger partial charge is 0.278 e. The molecule has 1 aliphatic carbocycles. The first-order valence-electron chi connectivity index (χ1n) is 3.82. The molecule has 0 atom stereocenters. The quantitative estimate of drug-likeness (QED) is 0.540. The molecule has 3 heteroatoms. The maximum absolute atomic E-state index is 11.0. The van der Waals surface area contributed by atoms with E-state index in [2.05, 4.69) is 5.48 Å². The molecule has 0 aromatic carbocycles. The normalized spacial score (nSPS) is 29.4. The lowest BCUT2D eigenvalue weighted by atomic mass is 9.83. The van der Waals surface area contributed by atoms with Gasteiger partial charge in [-0.3, -0.25) is 9.63 Å². The summed E-state index contributed by atoms with van der Waals surface area (Å²) < 4.78 is 0. The molecule has 3 nitrogen and oxygen atoms in total. The smallest absolute Gasteiger partial charge is 0.269 e. The molecule has 1 aliphatic heterocycles. The van der Waals surface area contributed by atoms with E-state index in [0.717, 1.165) is 25.7 Å². The second-order valence-corrected chi connectivity index (χ2v) is 3.09. The zero-order valence-corrected chi connectivity index (χ0v) is 5.85. The molecule has 2 rings (SSSR count). The summed E-state index contributed by atoms with van der Waals surface area (Å²) in [6.45, 7) is 0. The Labute approximate surface area is 59.7 Å². The lowest BCUT2D eigenvalue weighted by Crippen LogP contribution is -2.63. The highest BCUT2D eigenvalue weighted by atomic mass is 16.7. The van der Waals surface area contributed by atoms with E-state index < -0.39 is 5.60 Å². The van der Waals surface area contributed by atoms with Crippen LogP contribution in [-0.4, -0.2) is 11.5 Å². The van der Waals surface area contributed by atoms with Gasteiger partial charge >= 0.3 is 0 Å². The summed E-state index contributed by atoms with van der Waals surface area (Å²) in [5.41, 5.74) is 1.94. The van der Waals surface area contributed by atoms with Crippen LogP contribution >= 0.6 is 0 Å². The number of hydrogen-bond donors (Lipinski definition) is 1. The van der Waals surface area contributed by atoms with Gasteiger partial charge in [-0.15, -0.1) is 0 Å². The predicted molar refractivity (Wildman–Crippen MR) is 35.0 cm³/mol. The molecule has 1 heterocycles. The first-order valence-corrected chi connectivity index (χ1v) is 3.82. The second-order valence-electron chi connectivity index (χ2n) is 3.09. The van der Waals surface area contributed by atoms with Crippen molar-refractivity contribution in [3.63, 3.8) is 0 Å². The molecular formula is C7H11NO2. The topological polar surface area (TPSA) is 38.3 Å². The van der Waals surface area contributed by atoms with E-state index in [1.165, 1.54) is 6.42 Å². The van der Waals surface area contributed by atoms with Crippen molar-refractivity contribution in [3.05, 3.63) is 0 Å². The molecule has 1 saturated heterocycles. The number of carbonyl (C=O) groups is 1. The van der Waals surface area contributed by atoms with Gasteiger partial charge in [0.1, 0.15) is 0 Å². The van der Waals surface area contributed by atoms with Crippen LogP contribution in [-0.2, 0) is 9.63 Å². The van der Waals surface area contributed by atoms with E-state index in [4.69, 9.17) is 4.84 Å². The Bertz CT molecular complexity index is 161. The predicted octanol–water partition coefficient (Wildman–Crippen LogP) is 0.751. The van der Waals surface area contributed by atoms with Gasteiger partial charge in [0.25, 0.3) is 5.91 Å². The highest BCUT2D eigenvalue weighted by Crippen LogP contribution is 2.35. The highest BCUT2D eigenvalue weighted by molar-refractivity contribution is 5.88. The van der Waals surface area contributed by atoms with E-state index in [0.29, 0.717) is 0 Å². The summed E-state index contributed by atoms with van der Waals surface area (Å²) in [4.78, 5) is 16.0. The summed E-state index contributed by atoms with van der Waals surface area (Å²) in [5.74, 6) is 0.0900. The van der Waals surface area contributed by atoms with Crippen molar-refractivity contribution in [2.75, 3.05) is 0 Å². The molecule has 2 aliphatic rings. The molecule has 0 unspecified atom stereocenters. The van der Waals surface area contributed by atoms with E-state index >= 15 is 0 Å². The Morgan fingerprint density at radius 1 is 1.30 bits per heavy atom. The number of amides is 1. The Morgan fingerprint density at radius 2 is 2.00 bits per heavy atom. The van der Waals surface area contributed by atoms with Crippen LogP contribution in [0.2, 0.25) is 0 Å². The van der Waals surface area contributed by atoms with Gasteiger partial charge in [0.2, 0.25) is 0 Å². The molecule has 0 bridgehead atoms. The van der Waals surface area contributed by atoms with Crippen molar-refractivity contribution in [1.29, 1.82) is 0 Å². The third kappa shape index (κ3) is 0.669. The van der Waals surface area contributed by atoms with Gasteiger partial charge < -0.3 is 0 Å². The summed E-state index contributed by atoms with van der Waals surface area (Å²) in [6.07, 6.45) is 5.34. The van der Waals surface area contributed by atoms with Gasteiger partial charge in [-0.05, 0) is 25.7 Å². The van der Waals surface area contributed by atoms with Gasteiger partial charge in [0.15, 0.2) is 5.60 Å². The average Bonchev–Trinajstić information content (AvgIpc) is 2.04. The van der Waals surface area contributed by atoms with Crippen LogP contribution in [0.1, 0.15) is 32.1 Å². The maximum Gasteiger partial charge on any atom is 0.278 e. The van der Waals surface area contributed by atoms with Crippen LogP contribution < -0.4 is 5.48 Å². The van der Waals surface area contributed by atoms with Crippen LogP contribution in [0.3, 0.4) is 0 Å². The molecule has 0 aromatic rings. The Hall–Kier alpha value is -0.570. The minimum atomic E-state index is -0.391. The van der Waals surface area contributed by atoms with Crippen LogP contribution in [0.5, 0.6) is 0 Å². The Morgan fingerprint density at radius 3 is 2.30 bits per heavy atom. The number of hydrogen-bond acceptors (Lipinski definition) is 2. The third-order valence-electron chi connectivity index (χ3n) is 2.41. The van der Waals surface area contributed by atoms with Crippen molar-refractivity contribution >= 4 is 5.91 Å². The van der Waals surface area contributed by atoms with Crippen LogP contribution in [0.15, 0.2) is 0 Å². The van der Waals surface area contributed by atoms with E-state index in [9.17, 15) is 4.79 Å². The number of nitrogens with one attached hydrogen (secondary N) is 1. The zero-order valence-electron chi connectivity index (χ0n) is 5.85. The average molecular weight is 141 g/mol. The number of carbonyl (C=O) groups excluding carboxylic acids is 1. The van der Waals surface area contributed by atoms with E-state index in [1.807, 2.05) is 0 Å². The fourth-order valence-corrected chi connectivity index (χ4v) is 1.69. The lowest BCUT2D eigenvalue weighted by molar-refractivity contribution is -0.220. The van der Waals surface area contributed by atoms with Crippen LogP contribution in [0.25, 0.3) is 0 Å². The second kappa shape index (κ2) is 1.95. The molecule has 56 valence electrons. The summed E-state index contributed by atoms with van der Waals surface area (Å²) >= 11 is 0. The minimum Gasteiger partial charge on any atom is -0.269 e. The Balaban J connectivity index is 2.06. The summed E-state index contributed by atoms with van der Waals surface area (Å²) in [7, 11) is 0. The Kier molecular flexibility index (Phi) is 1.20. The van der Waals surface area contributed by atoms with Crippen molar-refractivity contribution in [3.8, 4) is 0 Å². The van der Waals surface area contributed by atoms with E-state index in [1.54, 1.807) is 0 Å². The van der Waals surface area contributed by atoms with Gasteiger partial charge in [-0.25, -0.2) is 5.48 Å². The molecule has 1 N–H and O–H groups in total. The van der Waals surface area contributed by atoms with Gasteiger partial charge in [0.05, 0.1) is 0 Å². The van der Waals surface area contributed by atoms with Crippen molar-refractivity contribution in [1.82, 2.24) is 5.48 Å². The minimum absolute atomic E-state index is 0.0900. The van der Waals surface area contributed by atoms with Crippen LogP contribution in [0.4, 0.5) is 0 Å². The molecular weight excluding hydrogens is 130 g/mol. The first-order chi connectivity index (χ1) is 4.83. The van der Waals surface area contributed by atoms with Gasteiger partial charge in [0, 0.05) is 0 Å². The fourth-order valence-electron chi connectivity index (χ4n) is 1.69. The molecule has 10 heavy (non-hydrogen) atoms. The molecule has 2 fully saturated rings. The SMILES string of the molecule is O=C1NOC12CCCCC2. The maximum atomic E-state index is 11.0. The zero-order chi connectivity index (χ0) is 7.03. The molecule has 0 radical (unpaired) electrons. The van der Waals surface area contributed by atoms with Crippen molar-refractivity contribution < 1.29 is 9.63 Å². The first kappa shape index (κ1) is 6.16. The number of hydroxylamine groups is 1. The van der Waals surface area contributed by atoms with Gasteiger partial charge in [-0.1, -0.05) is 6.42 Å². The van der Waals surface area contributed by atoms with Crippen molar-refractivity contribution in [2.24, 2.45) is 0 Å². The molecule has 0 aromatic heterocycles. The van der Waals surface area contributed by atoms with Gasteiger partial charge in [-0.2, -0.15) is 0 Å². The summed E-state index contributed by atoms with van der Waals surface area (Å²) in [5, 5.41) is 0. The third-order valence-corrected chi connectivity index (χ3v) is 2.41. The van der Waals surface area contributed by atoms with Crippen LogP contribution in [0, 0.1) is 0 Å². The van der Waals surface area contributed by atoms with E-state index in [-0.39, 0.29) is 5.91 Å².